The van der Waals surface area contributed by atoms with Crippen molar-refractivity contribution >= 4 is 19.8 Å². The first-order valence-electron chi connectivity index (χ1n) is 23.2. The number of esters is 2. The fourth-order valence-corrected chi connectivity index (χ4v) is 7.34. The summed E-state index contributed by atoms with van der Waals surface area (Å²) in [6, 6.07) is 0. The number of phosphoric acid groups is 1. The van der Waals surface area contributed by atoms with Gasteiger partial charge in [0.25, 0.3) is 0 Å². The second-order valence-corrected chi connectivity index (χ2v) is 18.6. The van der Waals surface area contributed by atoms with Gasteiger partial charge >= 0.3 is 19.8 Å². The number of likely N-dealkylation sites (N-methyl/N-ethyl adjacent to an activating group) is 1. The Morgan fingerprint density at radius 2 is 1.12 bits per heavy atom. The molecule has 4 atom stereocenters. The number of hydrogen-bond donors (Lipinski definition) is 1. The van der Waals surface area contributed by atoms with Gasteiger partial charge in [-0.3, -0.25) is 18.6 Å². The molecule has 1 aliphatic heterocycles. The van der Waals surface area contributed by atoms with Gasteiger partial charge < -0.3 is 23.6 Å². The molecule has 0 aromatic rings. The van der Waals surface area contributed by atoms with Gasteiger partial charge in [0.2, 0.25) is 0 Å². The molecule has 0 radical (unpaired) electrons. The highest BCUT2D eigenvalue weighted by atomic mass is 31.2. The van der Waals surface area contributed by atoms with Crippen LogP contribution in [0.25, 0.3) is 0 Å². The van der Waals surface area contributed by atoms with Crippen molar-refractivity contribution in [3.05, 3.63) is 24.3 Å². The van der Waals surface area contributed by atoms with Crippen LogP contribution in [0.15, 0.2) is 24.3 Å². The summed E-state index contributed by atoms with van der Waals surface area (Å²) in [7, 11) is 1.46. The number of epoxide rings is 1. The summed E-state index contributed by atoms with van der Waals surface area (Å²) in [6.07, 6.45) is 39.6. The van der Waals surface area contributed by atoms with Crippen LogP contribution in [0.2, 0.25) is 0 Å². The lowest BCUT2D eigenvalue weighted by Crippen LogP contribution is -2.37. The molecular formula is C46H87NO9P+. The molecule has 0 saturated carbocycles. The fourth-order valence-electron chi connectivity index (χ4n) is 6.60. The molecule has 3 unspecified atom stereocenters. The maximum atomic E-state index is 12.7. The minimum atomic E-state index is -4.38. The zero-order chi connectivity index (χ0) is 41.9. The minimum Gasteiger partial charge on any atom is -0.462 e. The number of carbonyl (C=O) groups excluding carboxylic acids is 2. The second-order valence-electron chi connectivity index (χ2n) is 17.2. The molecule has 1 heterocycles. The van der Waals surface area contributed by atoms with Crippen LogP contribution in [0.3, 0.4) is 0 Å². The molecule has 1 rings (SSSR count). The average molecular weight is 829 g/mol. The predicted octanol–water partition coefficient (Wildman–Crippen LogP) is 12.1. The summed E-state index contributed by atoms with van der Waals surface area (Å²) in [5, 5.41) is 0. The lowest BCUT2D eigenvalue weighted by atomic mass is 10.1. The van der Waals surface area contributed by atoms with E-state index in [1.165, 1.54) is 89.9 Å². The minimum absolute atomic E-state index is 0.0270. The molecule has 11 heteroatoms. The van der Waals surface area contributed by atoms with Crippen molar-refractivity contribution in [2.75, 3.05) is 47.5 Å². The molecule has 0 aromatic carbocycles. The van der Waals surface area contributed by atoms with E-state index in [1.807, 2.05) is 21.1 Å². The number of rotatable bonds is 41. The molecule has 0 spiro atoms. The molecule has 1 fully saturated rings. The third-order valence-electron chi connectivity index (χ3n) is 10.4. The Hall–Kier alpha value is -1.55. The number of nitrogens with zero attached hydrogens (tertiary/aromatic N) is 1. The van der Waals surface area contributed by atoms with Crippen LogP contribution >= 0.6 is 7.82 Å². The monoisotopic (exact) mass is 829 g/mol. The Bertz CT molecular complexity index is 1090. The Morgan fingerprint density at radius 1 is 0.632 bits per heavy atom. The Balaban J connectivity index is 2.26. The van der Waals surface area contributed by atoms with Crippen LogP contribution in [0.4, 0.5) is 0 Å². The molecule has 0 aliphatic carbocycles. The molecule has 57 heavy (non-hydrogen) atoms. The van der Waals surface area contributed by atoms with Gasteiger partial charge in [0.1, 0.15) is 19.8 Å². The van der Waals surface area contributed by atoms with E-state index in [9.17, 15) is 19.0 Å². The van der Waals surface area contributed by atoms with E-state index < -0.39 is 26.5 Å². The molecule has 0 amide bonds. The highest BCUT2D eigenvalue weighted by Gasteiger charge is 2.36. The number of allylic oxidation sites excluding steroid dienone is 3. The summed E-state index contributed by atoms with van der Waals surface area (Å²) in [4.78, 5) is 35.4. The average Bonchev–Trinajstić information content (AvgIpc) is 3.91. The van der Waals surface area contributed by atoms with Gasteiger partial charge in [-0.2, -0.15) is 0 Å². The fraction of sp³-hybridized carbons (Fsp3) is 0.870. The predicted molar refractivity (Wildman–Crippen MR) is 233 cm³/mol. The topological polar surface area (TPSA) is 121 Å². The van der Waals surface area contributed by atoms with Gasteiger partial charge in [-0.05, 0) is 64.2 Å². The molecule has 1 N–H and O–H groups in total. The summed E-state index contributed by atoms with van der Waals surface area (Å²) in [5.74, 6) is -0.821. The summed E-state index contributed by atoms with van der Waals surface area (Å²) in [6.45, 7) is 4.37. The van der Waals surface area contributed by atoms with Gasteiger partial charge in [-0.15, -0.1) is 0 Å². The van der Waals surface area contributed by atoms with Gasteiger partial charge in [0.05, 0.1) is 40.0 Å². The van der Waals surface area contributed by atoms with Crippen molar-refractivity contribution in [2.45, 2.75) is 212 Å². The number of phosphoric ester groups is 1. The maximum absolute atomic E-state index is 12.7. The van der Waals surface area contributed by atoms with E-state index in [4.69, 9.17) is 23.3 Å². The SMILES string of the molecule is CCCCCCCC/C=C\CCCCCCCCCC(=O)O[C@H](COC(=O)CCCCCCC/C=C\CC1OC1CCCCC)COP(=O)(O)OCC[N+](C)(C)C. The lowest BCUT2D eigenvalue weighted by molar-refractivity contribution is -0.870. The molecule has 1 saturated heterocycles. The van der Waals surface area contributed by atoms with E-state index >= 15 is 0 Å². The van der Waals surface area contributed by atoms with Crippen LogP contribution in [0, 0.1) is 0 Å². The number of hydrogen-bond acceptors (Lipinski definition) is 8. The Kier molecular flexibility index (Phi) is 33.0. The molecular weight excluding hydrogens is 741 g/mol. The Morgan fingerprint density at radius 3 is 1.68 bits per heavy atom. The van der Waals surface area contributed by atoms with Gasteiger partial charge in [0, 0.05) is 12.8 Å². The highest BCUT2D eigenvalue weighted by Crippen LogP contribution is 2.43. The molecule has 10 nitrogen and oxygen atoms in total. The summed E-state index contributed by atoms with van der Waals surface area (Å²) < 4.78 is 40.1. The summed E-state index contributed by atoms with van der Waals surface area (Å²) >= 11 is 0. The van der Waals surface area contributed by atoms with E-state index in [0.29, 0.717) is 29.7 Å². The number of carbonyl (C=O) groups is 2. The molecule has 0 bridgehead atoms. The highest BCUT2D eigenvalue weighted by molar-refractivity contribution is 7.47. The van der Waals surface area contributed by atoms with Crippen LogP contribution in [-0.2, 0) is 37.4 Å². The summed E-state index contributed by atoms with van der Waals surface area (Å²) in [5.41, 5.74) is 0. The lowest BCUT2D eigenvalue weighted by Gasteiger charge is -2.24. The van der Waals surface area contributed by atoms with Gasteiger partial charge in [-0.1, -0.05) is 141 Å². The molecule has 0 aromatic heterocycles. The third kappa shape index (κ3) is 36.1. The smallest absolute Gasteiger partial charge is 0.462 e. The van der Waals surface area contributed by atoms with Crippen molar-refractivity contribution in [3.63, 3.8) is 0 Å². The van der Waals surface area contributed by atoms with Crippen molar-refractivity contribution in [3.8, 4) is 0 Å². The standard InChI is InChI=1S/C46H86NO9P/c1-6-8-10-11-12-13-14-15-16-17-18-19-20-21-26-29-33-37-46(49)55-42(41-54-57(50,51)53-39-38-47(3,4)5)40-52-45(48)36-32-28-25-23-22-24-27-31-35-44-43(56-44)34-30-9-7-2/h15-16,27,31,42-44H,6-14,17-26,28-30,32-41H2,1-5H3/p+1/b16-15-,31-27-/t42-,43?,44?/m1/s1. The van der Waals surface area contributed by atoms with E-state index in [1.54, 1.807) is 0 Å². The van der Waals surface area contributed by atoms with E-state index in [-0.39, 0.29) is 32.0 Å². The normalized spacial score (nSPS) is 17.3. The van der Waals surface area contributed by atoms with Crippen molar-refractivity contribution in [1.82, 2.24) is 0 Å². The molecule has 334 valence electrons. The zero-order valence-corrected chi connectivity index (χ0v) is 38.2. The van der Waals surface area contributed by atoms with Crippen LogP contribution in [0.1, 0.15) is 194 Å². The third-order valence-corrected chi connectivity index (χ3v) is 11.4. The van der Waals surface area contributed by atoms with Crippen molar-refractivity contribution in [2.24, 2.45) is 0 Å². The maximum Gasteiger partial charge on any atom is 0.472 e. The van der Waals surface area contributed by atoms with Crippen LogP contribution in [-0.4, -0.2) is 87.1 Å². The largest absolute Gasteiger partial charge is 0.472 e. The van der Waals surface area contributed by atoms with Crippen molar-refractivity contribution in [1.29, 1.82) is 0 Å². The number of quaternary nitrogens is 1. The van der Waals surface area contributed by atoms with E-state index in [0.717, 1.165) is 70.6 Å². The quantitative estimate of drug-likeness (QED) is 0.0160. The molecule has 1 aliphatic rings. The first-order chi connectivity index (χ1) is 27.5. The zero-order valence-electron chi connectivity index (χ0n) is 37.3. The van der Waals surface area contributed by atoms with E-state index in [2.05, 4.69) is 38.2 Å². The van der Waals surface area contributed by atoms with Crippen LogP contribution in [0.5, 0.6) is 0 Å². The first kappa shape index (κ1) is 53.5. The first-order valence-corrected chi connectivity index (χ1v) is 24.7. The number of ether oxygens (including phenoxy) is 3. The van der Waals surface area contributed by atoms with Gasteiger partial charge in [-0.25, -0.2) is 4.57 Å². The van der Waals surface area contributed by atoms with Gasteiger partial charge in [0.15, 0.2) is 6.10 Å². The van der Waals surface area contributed by atoms with Crippen molar-refractivity contribution < 1.29 is 46.8 Å². The number of unbranched alkanes of at least 4 members (excludes halogenated alkanes) is 20. The second kappa shape index (κ2) is 35.2. The van der Waals surface area contributed by atoms with Crippen LogP contribution < -0.4 is 0 Å². The Labute approximate surface area is 349 Å².